The van der Waals surface area contributed by atoms with E-state index in [2.05, 4.69) is 0 Å². The van der Waals surface area contributed by atoms with Gasteiger partial charge in [0.25, 0.3) is 0 Å². The minimum absolute atomic E-state index is 0.0854. The van der Waals surface area contributed by atoms with Gasteiger partial charge in [-0.15, -0.1) is 0 Å². The van der Waals surface area contributed by atoms with Crippen molar-refractivity contribution in [2.45, 2.75) is 0 Å². The molecule has 19 heavy (non-hydrogen) atoms. The fourth-order valence-electron chi connectivity index (χ4n) is 1.66. The van der Waals surface area contributed by atoms with E-state index in [0.717, 1.165) is 0 Å². The van der Waals surface area contributed by atoms with Gasteiger partial charge >= 0.3 is 5.97 Å². The summed E-state index contributed by atoms with van der Waals surface area (Å²) < 4.78 is 13.1. The predicted octanol–water partition coefficient (Wildman–Crippen LogP) is 4.10. The summed E-state index contributed by atoms with van der Waals surface area (Å²) in [5.74, 6) is -1.49. The third-order valence-electron chi connectivity index (χ3n) is 2.55. The Morgan fingerprint density at radius 3 is 2.42 bits per heavy atom. The summed E-state index contributed by atoms with van der Waals surface area (Å²) >= 11 is 5.76. The summed E-state index contributed by atoms with van der Waals surface area (Å²) in [5, 5.41) is 9.76. The highest BCUT2D eigenvalue weighted by molar-refractivity contribution is 6.30. The van der Waals surface area contributed by atoms with Crippen LogP contribution in [0.25, 0.3) is 11.6 Å². The Kier molecular flexibility index (Phi) is 3.97. The Hall–Kier alpha value is -2.13. The normalized spacial score (nSPS) is 11.4. The van der Waals surface area contributed by atoms with Gasteiger partial charge in [-0.2, -0.15) is 0 Å². The average molecular weight is 277 g/mol. The second-order valence-electron chi connectivity index (χ2n) is 3.93. The van der Waals surface area contributed by atoms with Gasteiger partial charge in [-0.1, -0.05) is 35.9 Å². The Balaban J connectivity index is 2.46. The summed E-state index contributed by atoms with van der Waals surface area (Å²) in [6.45, 7) is 0. The lowest BCUT2D eigenvalue weighted by Gasteiger charge is -2.03. The number of halogens is 2. The zero-order valence-electron chi connectivity index (χ0n) is 9.81. The number of carboxylic acids is 1. The van der Waals surface area contributed by atoms with Crippen LogP contribution in [0, 0.1) is 5.82 Å². The molecule has 2 nitrogen and oxygen atoms in total. The van der Waals surface area contributed by atoms with Crippen molar-refractivity contribution < 1.29 is 14.3 Å². The predicted molar refractivity (Wildman–Crippen MR) is 73.4 cm³/mol. The lowest BCUT2D eigenvalue weighted by Crippen LogP contribution is -1.99. The molecule has 0 aromatic heterocycles. The van der Waals surface area contributed by atoms with Crippen molar-refractivity contribution in [1.29, 1.82) is 0 Å². The minimum atomic E-state index is -1.08. The molecule has 0 heterocycles. The van der Waals surface area contributed by atoms with E-state index in [-0.39, 0.29) is 5.57 Å². The SMILES string of the molecule is O=C(O)/C(=C/c1cccc(F)c1)c1ccc(Cl)cc1. The van der Waals surface area contributed by atoms with Gasteiger partial charge in [0.15, 0.2) is 0 Å². The van der Waals surface area contributed by atoms with E-state index < -0.39 is 11.8 Å². The fraction of sp³-hybridized carbons (Fsp3) is 0. The zero-order chi connectivity index (χ0) is 13.8. The molecule has 0 aliphatic heterocycles. The highest BCUT2D eigenvalue weighted by atomic mass is 35.5. The smallest absolute Gasteiger partial charge is 0.336 e. The Morgan fingerprint density at radius 2 is 1.84 bits per heavy atom. The Bertz CT molecular complexity index is 633. The maximum absolute atomic E-state index is 13.1. The summed E-state index contributed by atoms with van der Waals surface area (Å²) in [6, 6.07) is 12.2. The van der Waals surface area contributed by atoms with Crippen LogP contribution in [-0.4, -0.2) is 11.1 Å². The molecule has 0 radical (unpaired) electrons. The molecule has 2 rings (SSSR count). The van der Waals surface area contributed by atoms with E-state index in [4.69, 9.17) is 11.6 Å². The van der Waals surface area contributed by atoms with Crippen LogP contribution >= 0.6 is 11.6 Å². The lowest BCUT2D eigenvalue weighted by atomic mass is 10.0. The molecule has 0 spiro atoms. The first-order valence-electron chi connectivity index (χ1n) is 5.53. The molecule has 2 aromatic carbocycles. The van der Waals surface area contributed by atoms with Crippen LogP contribution in [0.4, 0.5) is 4.39 Å². The molecule has 0 saturated heterocycles. The Morgan fingerprint density at radius 1 is 1.16 bits per heavy atom. The second-order valence-corrected chi connectivity index (χ2v) is 4.36. The molecule has 0 bridgehead atoms. The van der Waals surface area contributed by atoms with Gasteiger partial charge in [0.1, 0.15) is 5.82 Å². The first kappa shape index (κ1) is 13.3. The van der Waals surface area contributed by atoms with Crippen LogP contribution < -0.4 is 0 Å². The first-order chi connectivity index (χ1) is 9.06. The van der Waals surface area contributed by atoms with Crippen LogP contribution in [0.2, 0.25) is 5.02 Å². The molecule has 0 amide bonds. The molecule has 0 saturated carbocycles. The van der Waals surface area contributed by atoms with Gasteiger partial charge in [-0.25, -0.2) is 9.18 Å². The molecule has 96 valence electrons. The van der Waals surface area contributed by atoms with Gasteiger partial charge in [0.2, 0.25) is 0 Å². The van der Waals surface area contributed by atoms with Crippen molar-refractivity contribution in [2.75, 3.05) is 0 Å². The molecular weight excluding hydrogens is 267 g/mol. The molecule has 0 aliphatic rings. The lowest BCUT2D eigenvalue weighted by molar-refractivity contribution is -0.130. The number of carboxylic acid groups (broad SMARTS) is 1. The summed E-state index contributed by atoms with van der Waals surface area (Å²) in [5.41, 5.74) is 1.09. The molecule has 2 aromatic rings. The quantitative estimate of drug-likeness (QED) is 0.677. The van der Waals surface area contributed by atoms with Crippen molar-refractivity contribution in [1.82, 2.24) is 0 Å². The van der Waals surface area contributed by atoms with Gasteiger partial charge in [-0.3, -0.25) is 0 Å². The number of benzene rings is 2. The van der Waals surface area contributed by atoms with Gasteiger partial charge < -0.3 is 5.11 Å². The van der Waals surface area contributed by atoms with E-state index >= 15 is 0 Å². The number of carbonyl (C=O) groups is 1. The number of hydrogen-bond donors (Lipinski definition) is 1. The third-order valence-corrected chi connectivity index (χ3v) is 2.80. The average Bonchev–Trinajstić information content (AvgIpc) is 2.37. The van der Waals surface area contributed by atoms with Crippen molar-refractivity contribution in [3.8, 4) is 0 Å². The van der Waals surface area contributed by atoms with Gasteiger partial charge in [0.05, 0.1) is 5.57 Å². The molecule has 0 fully saturated rings. The molecule has 0 atom stereocenters. The maximum atomic E-state index is 13.1. The number of aliphatic carboxylic acids is 1. The first-order valence-corrected chi connectivity index (χ1v) is 5.90. The fourth-order valence-corrected chi connectivity index (χ4v) is 1.79. The highest BCUT2D eigenvalue weighted by Gasteiger charge is 2.10. The number of hydrogen-bond acceptors (Lipinski definition) is 1. The van der Waals surface area contributed by atoms with Crippen molar-refractivity contribution >= 4 is 29.2 Å². The molecule has 0 unspecified atom stereocenters. The zero-order valence-corrected chi connectivity index (χ0v) is 10.6. The van der Waals surface area contributed by atoms with Crippen LogP contribution in [0.5, 0.6) is 0 Å². The highest BCUT2D eigenvalue weighted by Crippen LogP contribution is 2.21. The third kappa shape index (κ3) is 3.42. The molecule has 4 heteroatoms. The van der Waals surface area contributed by atoms with Crippen molar-refractivity contribution in [3.05, 3.63) is 70.5 Å². The topological polar surface area (TPSA) is 37.3 Å². The van der Waals surface area contributed by atoms with Gasteiger partial charge in [0, 0.05) is 5.02 Å². The molecule has 0 aliphatic carbocycles. The molecular formula is C15H10ClFO2. The standard InChI is InChI=1S/C15H10ClFO2/c16-12-6-4-11(5-7-12)14(15(18)19)9-10-2-1-3-13(17)8-10/h1-9H,(H,18,19)/b14-9+. The van der Waals surface area contributed by atoms with Crippen LogP contribution in [0.3, 0.4) is 0 Å². The van der Waals surface area contributed by atoms with E-state index in [1.165, 1.54) is 24.3 Å². The second kappa shape index (κ2) is 5.67. The Labute approximate surface area is 114 Å². The van der Waals surface area contributed by atoms with Gasteiger partial charge in [-0.05, 0) is 41.5 Å². The largest absolute Gasteiger partial charge is 0.478 e. The monoisotopic (exact) mass is 276 g/mol. The van der Waals surface area contributed by atoms with Crippen LogP contribution in [0.1, 0.15) is 11.1 Å². The van der Waals surface area contributed by atoms with E-state index in [9.17, 15) is 14.3 Å². The number of rotatable bonds is 3. The summed E-state index contributed by atoms with van der Waals surface area (Å²) in [7, 11) is 0. The summed E-state index contributed by atoms with van der Waals surface area (Å²) in [6.07, 6.45) is 1.43. The van der Waals surface area contributed by atoms with E-state index in [1.807, 2.05) is 0 Å². The molecule has 1 N–H and O–H groups in total. The summed E-state index contributed by atoms with van der Waals surface area (Å²) in [4.78, 5) is 11.3. The van der Waals surface area contributed by atoms with E-state index in [0.29, 0.717) is 16.1 Å². The van der Waals surface area contributed by atoms with E-state index in [1.54, 1.807) is 30.3 Å². The minimum Gasteiger partial charge on any atom is -0.478 e. The maximum Gasteiger partial charge on any atom is 0.336 e. The van der Waals surface area contributed by atoms with Crippen molar-refractivity contribution in [3.63, 3.8) is 0 Å². The van der Waals surface area contributed by atoms with Crippen LogP contribution in [0.15, 0.2) is 48.5 Å². The van der Waals surface area contributed by atoms with Crippen molar-refractivity contribution in [2.24, 2.45) is 0 Å². The van der Waals surface area contributed by atoms with Crippen LogP contribution in [-0.2, 0) is 4.79 Å².